The summed E-state index contributed by atoms with van der Waals surface area (Å²) in [5.41, 5.74) is 3.74. The Morgan fingerprint density at radius 2 is 1.88 bits per heavy atom. The summed E-state index contributed by atoms with van der Waals surface area (Å²) in [6, 6.07) is 13.1. The van der Waals surface area contributed by atoms with Gasteiger partial charge in [0.05, 0.1) is 10.6 Å². The number of thiophene rings is 1. The number of benzene rings is 1. The average Bonchev–Trinajstić information content (AvgIpc) is 2.83. The summed E-state index contributed by atoms with van der Waals surface area (Å²) in [5, 5.41) is 1.28. The first-order valence-electron chi connectivity index (χ1n) is 5.38. The Morgan fingerprint density at radius 3 is 2.62 bits per heavy atom. The molecule has 0 aliphatic heterocycles. The number of hydrogen-bond acceptors (Lipinski definition) is 1. The Morgan fingerprint density at radius 1 is 1.00 bits per heavy atom. The molecular weight excluding hydrogens is 214 g/mol. The molecule has 0 bridgehead atoms. The molecular formula is C14H13NS. The van der Waals surface area contributed by atoms with Crippen LogP contribution in [0.25, 0.3) is 21.5 Å². The van der Waals surface area contributed by atoms with Crippen molar-refractivity contribution in [3.05, 3.63) is 46.8 Å². The normalized spacial score (nSPS) is 11.1. The van der Waals surface area contributed by atoms with Crippen molar-refractivity contribution in [1.29, 1.82) is 0 Å². The van der Waals surface area contributed by atoms with Gasteiger partial charge in [-0.1, -0.05) is 12.1 Å². The van der Waals surface area contributed by atoms with E-state index in [1.165, 1.54) is 31.9 Å². The second-order valence-corrected chi connectivity index (χ2v) is 5.47. The zero-order chi connectivity index (χ0) is 11.1. The molecule has 0 radical (unpaired) electrons. The molecule has 2 heteroatoms. The molecule has 0 unspecified atom stereocenters. The van der Waals surface area contributed by atoms with Gasteiger partial charge in [0.15, 0.2) is 0 Å². The molecule has 1 nitrogen and oxygen atoms in total. The van der Waals surface area contributed by atoms with Crippen LogP contribution in [0.2, 0.25) is 0 Å². The molecule has 0 atom stereocenters. The Kier molecular flexibility index (Phi) is 2.11. The van der Waals surface area contributed by atoms with Gasteiger partial charge in [-0.2, -0.15) is 0 Å². The van der Waals surface area contributed by atoms with Gasteiger partial charge < -0.3 is 4.98 Å². The van der Waals surface area contributed by atoms with E-state index in [0.717, 1.165) is 0 Å². The minimum atomic E-state index is 1.22. The van der Waals surface area contributed by atoms with Crippen LogP contribution in [-0.4, -0.2) is 4.98 Å². The lowest BCUT2D eigenvalue weighted by molar-refractivity contribution is 1.44. The predicted molar refractivity (Wildman–Crippen MR) is 71.1 cm³/mol. The van der Waals surface area contributed by atoms with Crippen LogP contribution in [-0.2, 0) is 0 Å². The highest BCUT2D eigenvalue weighted by Gasteiger charge is 2.04. The summed E-state index contributed by atoms with van der Waals surface area (Å²) in [6.45, 7) is 4.26. The molecule has 16 heavy (non-hydrogen) atoms. The Balaban J connectivity index is 2.18. The van der Waals surface area contributed by atoms with Crippen molar-refractivity contribution in [2.75, 3.05) is 0 Å². The van der Waals surface area contributed by atoms with Crippen molar-refractivity contribution in [3.8, 4) is 10.6 Å². The maximum atomic E-state index is 3.48. The Bertz CT molecular complexity index is 646. The van der Waals surface area contributed by atoms with Crippen LogP contribution in [0.3, 0.4) is 0 Å². The van der Waals surface area contributed by atoms with Crippen LogP contribution in [0.4, 0.5) is 0 Å². The molecule has 3 aromatic rings. The van der Waals surface area contributed by atoms with Crippen LogP contribution >= 0.6 is 11.3 Å². The summed E-state index contributed by atoms with van der Waals surface area (Å²) >= 11 is 1.83. The highest BCUT2D eigenvalue weighted by atomic mass is 32.1. The topological polar surface area (TPSA) is 15.8 Å². The van der Waals surface area contributed by atoms with E-state index in [2.05, 4.69) is 55.2 Å². The molecule has 0 saturated heterocycles. The molecule has 0 amide bonds. The third-order valence-electron chi connectivity index (χ3n) is 2.78. The van der Waals surface area contributed by atoms with Crippen LogP contribution in [0, 0.1) is 13.8 Å². The second kappa shape index (κ2) is 3.49. The van der Waals surface area contributed by atoms with Gasteiger partial charge in [-0.3, -0.25) is 0 Å². The zero-order valence-corrected chi connectivity index (χ0v) is 10.2. The van der Waals surface area contributed by atoms with E-state index in [9.17, 15) is 0 Å². The van der Waals surface area contributed by atoms with E-state index >= 15 is 0 Å². The van der Waals surface area contributed by atoms with Crippen LogP contribution < -0.4 is 0 Å². The monoisotopic (exact) mass is 227 g/mol. The number of hydrogen-bond donors (Lipinski definition) is 1. The van der Waals surface area contributed by atoms with Gasteiger partial charge in [0.1, 0.15) is 0 Å². The number of aromatic amines is 1. The fourth-order valence-electron chi connectivity index (χ4n) is 1.95. The molecule has 0 spiro atoms. The largest absolute Gasteiger partial charge is 0.354 e. The maximum absolute atomic E-state index is 3.48. The molecule has 1 aromatic carbocycles. The quantitative estimate of drug-likeness (QED) is 0.629. The van der Waals surface area contributed by atoms with Crippen LogP contribution in [0.1, 0.15) is 10.4 Å². The van der Waals surface area contributed by atoms with E-state index in [1.807, 2.05) is 11.3 Å². The summed E-state index contributed by atoms with van der Waals surface area (Å²) in [6.07, 6.45) is 0. The van der Waals surface area contributed by atoms with Crippen molar-refractivity contribution in [3.63, 3.8) is 0 Å². The molecule has 0 aliphatic rings. The van der Waals surface area contributed by atoms with E-state index in [-0.39, 0.29) is 0 Å². The summed E-state index contributed by atoms with van der Waals surface area (Å²) in [4.78, 5) is 6.14. The first-order chi connectivity index (χ1) is 7.72. The van der Waals surface area contributed by atoms with Gasteiger partial charge in [0.2, 0.25) is 0 Å². The van der Waals surface area contributed by atoms with Gasteiger partial charge >= 0.3 is 0 Å². The number of aromatic nitrogens is 1. The number of aryl methyl sites for hydroxylation is 2. The molecule has 2 heterocycles. The van der Waals surface area contributed by atoms with Gasteiger partial charge in [-0.05, 0) is 43.7 Å². The predicted octanol–water partition coefficient (Wildman–Crippen LogP) is 4.51. The lowest BCUT2D eigenvalue weighted by atomic mass is 10.2. The Hall–Kier alpha value is -1.54. The first-order valence-corrected chi connectivity index (χ1v) is 6.20. The summed E-state index contributed by atoms with van der Waals surface area (Å²) < 4.78 is 0. The highest BCUT2D eigenvalue weighted by molar-refractivity contribution is 7.15. The molecule has 0 saturated carbocycles. The lowest BCUT2D eigenvalue weighted by Gasteiger charge is -1.91. The standard InChI is InChI=1S/C14H13NS/c1-9-3-5-11-8-13(15-12(11)7-9)14-6-4-10(2)16-14/h3-8,15H,1-2H3. The second-order valence-electron chi connectivity index (χ2n) is 4.18. The van der Waals surface area contributed by atoms with E-state index in [1.54, 1.807) is 0 Å². The van der Waals surface area contributed by atoms with Crippen molar-refractivity contribution in [2.45, 2.75) is 13.8 Å². The number of H-pyrrole nitrogens is 1. The number of nitrogens with one attached hydrogen (secondary N) is 1. The van der Waals surface area contributed by atoms with Gasteiger partial charge in [-0.25, -0.2) is 0 Å². The van der Waals surface area contributed by atoms with Crippen molar-refractivity contribution in [2.24, 2.45) is 0 Å². The lowest BCUT2D eigenvalue weighted by Crippen LogP contribution is -1.72. The maximum Gasteiger partial charge on any atom is 0.0566 e. The average molecular weight is 227 g/mol. The number of fused-ring (bicyclic) bond motifs is 1. The fraction of sp³-hybridized carbons (Fsp3) is 0.143. The molecule has 1 N–H and O–H groups in total. The van der Waals surface area contributed by atoms with Gasteiger partial charge in [0.25, 0.3) is 0 Å². The van der Waals surface area contributed by atoms with E-state index in [4.69, 9.17) is 0 Å². The molecule has 2 aromatic heterocycles. The van der Waals surface area contributed by atoms with Crippen molar-refractivity contribution < 1.29 is 0 Å². The highest BCUT2D eigenvalue weighted by Crippen LogP contribution is 2.29. The van der Waals surface area contributed by atoms with Crippen LogP contribution in [0.15, 0.2) is 36.4 Å². The first kappa shape index (κ1) is 9.67. The SMILES string of the molecule is Cc1ccc2cc(-c3ccc(C)s3)[nH]c2c1. The van der Waals surface area contributed by atoms with Gasteiger partial charge in [-0.15, -0.1) is 11.3 Å². The third-order valence-corrected chi connectivity index (χ3v) is 3.82. The molecule has 80 valence electrons. The number of rotatable bonds is 1. The van der Waals surface area contributed by atoms with Crippen molar-refractivity contribution >= 4 is 22.2 Å². The van der Waals surface area contributed by atoms with Crippen LogP contribution in [0.5, 0.6) is 0 Å². The third kappa shape index (κ3) is 1.55. The minimum absolute atomic E-state index is 1.22. The molecule has 3 rings (SSSR count). The smallest absolute Gasteiger partial charge is 0.0566 e. The Labute approximate surface area is 98.7 Å². The molecule has 0 fully saturated rings. The van der Waals surface area contributed by atoms with Gasteiger partial charge in [0, 0.05) is 15.8 Å². The fourth-order valence-corrected chi connectivity index (χ4v) is 2.79. The van der Waals surface area contributed by atoms with E-state index < -0.39 is 0 Å². The minimum Gasteiger partial charge on any atom is -0.354 e. The zero-order valence-electron chi connectivity index (χ0n) is 9.37. The van der Waals surface area contributed by atoms with Crippen molar-refractivity contribution in [1.82, 2.24) is 4.98 Å². The summed E-state index contributed by atoms with van der Waals surface area (Å²) in [7, 11) is 0. The van der Waals surface area contributed by atoms with E-state index in [0.29, 0.717) is 0 Å². The molecule has 0 aliphatic carbocycles. The summed E-state index contributed by atoms with van der Waals surface area (Å²) in [5.74, 6) is 0.